The van der Waals surface area contributed by atoms with Gasteiger partial charge in [0, 0.05) is 22.9 Å². The van der Waals surface area contributed by atoms with Crippen molar-refractivity contribution in [3.63, 3.8) is 0 Å². The van der Waals surface area contributed by atoms with Crippen molar-refractivity contribution in [2.75, 3.05) is 11.6 Å². The average Bonchev–Trinajstić information content (AvgIpc) is 2.10. The predicted molar refractivity (Wildman–Crippen MR) is 52.3 cm³/mol. The van der Waals surface area contributed by atoms with Crippen LogP contribution in [0, 0.1) is 6.92 Å². The monoisotopic (exact) mass is 199 g/mol. The van der Waals surface area contributed by atoms with Crippen molar-refractivity contribution >= 4 is 23.1 Å². The van der Waals surface area contributed by atoms with Gasteiger partial charge in [0.05, 0.1) is 5.88 Å². The van der Waals surface area contributed by atoms with E-state index in [0.717, 1.165) is 0 Å². The van der Waals surface area contributed by atoms with Crippen molar-refractivity contribution in [3.05, 3.63) is 23.3 Å². The number of aromatic hydroxyl groups is 1. The molecular formula is C9H10ClNO2. The van der Waals surface area contributed by atoms with Gasteiger partial charge in [-0.15, -0.1) is 11.6 Å². The Morgan fingerprint density at radius 2 is 2.23 bits per heavy atom. The summed E-state index contributed by atoms with van der Waals surface area (Å²) in [4.78, 5) is 11.2. The SMILES string of the molecule is Cc1c(O)cc(N)cc1C(=O)CCl. The van der Waals surface area contributed by atoms with E-state index >= 15 is 0 Å². The number of carbonyl (C=O) groups is 1. The first kappa shape index (κ1) is 9.86. The van der Waals surface area contributed by atoms with E-state index in [-0.39, 0.29) is 17.4 Å². The second-order valence-corrected chi connectivity index (χ2v) is 3.04. The summed E-state index contributed by atoms with van der Waals surface area (Å²) in [5.41, 5.74) is 6.72. The van der Waals surface area contributed by atoms with Crippen LogP contribution in [-0.2, 0) is 0 Å². The number of halogens is 1. The minimum absolute atomic E-state index is 0.0217. The lowest BCUT2D eigenvalue weighted by molar-refractivity contribution is 0.102. The summed E-state index contributed by atoms with van der Waals surface area (Å²) in [6, 6.07) is 2.92. The highest BCUT2D eigenvalue weighted by molar-refractivity contribution is 6.30. The van der Waals surface area contributed by atoms with Crippen molar-refractivity contribution in [1.29, 1.82) is 0 Å². The summed E-state index contributed by atoms with van der Waals surface area (Å²) in [6.07, 6.45) is 0. The van der Waals surface area contributed by atoms with Crippen molar-refractivity contribution < 1.29 is 9.90 Å². The van der Waals surface area contributed by atoms with Crippen LogP contribution in [0.3, 0.4) is 0 Å². The molecule has 0 atom stereocenters. The van der Waals surface area contributed by atoms with Gasteiger partial charge < -0.3 is 10.8 Å². The van der Waals surface area contributed by atoms with Crippen LogP contribution in [0.1, 0.15) is 15.9 Å². The highest BCUT2D eigenvalue weighted by atomic mass is 35.5. The fourth-order valence-electron chi connectivity index (χ4n) is 1.08. The zero-order valence-corrected chi connectivity index (χ0v) is 7.93. The molecule has 13 heavy (non-hydrogen) atoms. The molecule has 0 saturated heterocycles. The number of ketones is 1. The van der Waals surface area contributed by atoms with E-state index in [2.05, 4.69) is 0 Å². The third-order valence-corrected chi connectivity index (χ3v) is 2.07. The molecule has 0 bridgehead atoms. The molecule has 0 fully saturated rings. The Morgan fingerprint density at radius 1 is 1.62 bits per heavy atom. The van der Waals surface area contributed by atoms with Gasteiger partial charge in [-0.2, -0.15) is 0 Å². The van der Waals surface area contributed by atoms with Gasteiger partial charge in [0.25, 0.3) is 0 Å². The molecule has 0 heterocycles. The summed E-state index contributed by atoms with van der Waals surface area (Å²) >= 11 is 5.39. The Hall–Kier alpha value is -1.22. The number of benzene rings is 1. The third kappa shape index (κ3) is 1.92. The predicted octanol–water partition coefficient (Wildman–Crippen LogP) is 1.70. The van der Waals surface area contributed by atoms with Gasteiger partial charge in [-0.1, -0.05) is 0 Å². The van der Waals surface area contributed by atoms with Crippen molar-refractivity contribution in [2.45, 2.75) is 6.92 Å². The van der Waals surface area contributed by atoms with Crippen LogP contribution in [0.15, 0.2) is 12.1 Å². The fraction of sp³-hybridized carbons (Fsp3) is 0.222. The maximum absolute atomic E-state index is 11.2. The average molecular weight is 200 g/mol. The first-order valence-electron chi connectivity index (χ1n) is 3.74. The summed E-state index contributed by atoms with van der Waals surface area (Å²) in [5, 5.41) is 9.35. The molecule has 70 valence electrons. The molecule has 1 rings (SSSR count). The molecule has 0 aliphatic heterocycles. The lowest BCUT2D eigenvalue weighted by Crippen LogP contribution is -2.04. The highest BCUT2D eigenvalue weighted by Gasteiger charge is 2.11. The molecule has 1 aromatic carbocycles. The Kier molecular flexibility index (Phi) is 2.78. The maximum Gasteiger partial charge on any atom is 0.178 e. The van der Waals surface area contributed by atoms with E-state index in [9.17, 15) is 9.90 Å². The van der Waals surface area contributed by atoms with E-state index in [1.165, 1.54) is 12.1 Å². The number of hydrogen-bond acceptors (Lipinski definition) is 3. The molecule has 0 radical (unpaired) electrons. The zero-order valence-electron chi connectivity index (χ0n) is 7.17. The van der Waals surface area contributed by atoms with Crippen LogP contribution in [0.25, 0.3) is 0 Å². The molecule has 4 heteroatoms. The van der Waals surface area contributed by atoms with E-state index < -0.39 is 0 Å². The largest absolute Gasteiger partial charge is 0.508 e. The Balaban J connectivity index is 3.28. The van der Waals surface area contributed by atoms with Gasteiger partial charge in [0.2, 0.25) is 0 Å². The van der Waals surface area contributed by atoms with Gasteiger partial charge in [-0.3, -0.25) is 4.79 Å². The lowest BCUT2D eigenvalue weighted by Gasteiger charge is -2.06. The van der Waals surface area contributed by atoms with Crippen molar-refractivity contribution in [3.8, 4) is 5.75 Å². The fourth-order valence-corrected chi connectivity index (χ4v) is 1.23. The first-order chi connectivity index (χ1) is 6.06. The maximum atomic E-state index is 11.2. The van der Waals surface area contributed by atoms with Gasteiger partial charge in [0.15, 0.2) is 5.78 Å². The number of phenolic OH excluding ortho intramolecular Hbond substituents is 1. The summed E-state index contributed by atoms with van der Waals surface area (Å²) < 4.78 is 0. The number of carbonyl (C=O) groups excluding carboxylic acids is 1. The molecule has 1 aromatic rings. The molecule has 0 spiro atoms. The van der Waals surface area contributed by atoms with Crippen molar-refractivity contribution in [1.82, 2.24) is 0 Å². The number of Topliss-reactive ketones (excluding diaryl/α,β-unsaturated/α-hetero) is 1. The topological polar surface area (TPSA) is 63.3 Å². The highest BCUT2D eigenvalue weighted by Crippen LogP contribution is 2.24. The Morgan fingerprint density at radius 3 is 2.77 bits per heavy atom. The van der Waals surface area contributed by atoms with E-state index in [0.29, 0.717) is 16.8 Å². The van der Waals surface area contributed by atoms with Crippen LogP contribution in [0.5, 0.6) is 5.75 Å². The summed E-state index contributed by atoms with van der Waals surface area (Å²) in [5.74, 6) is -0.320. The molecule has 3 nitrogen and oxygen atoms in total. The number of phenols is 1. The van der Waals surface area contributed by atoms with Gasteiger partial charge >= 0.3 is 0 Å². The number of nitrogens with two attached hydrogens (primary N) is 1. The smallest absolute Gasteiger partial charge is 0.178 e. The van der Waals surface area contributed by atoms with Crippen LogP contribution in [0.2, 0.25) is 0 Å². The summed E-state index contributed by atoms with van der Waals surface area (Å²) in [6.45, 7) is 1.65. The number of rotatable bonds is 2. The van der Waals surface area contributed by atoms with E-state index in [1.807, 2.05) is 0 Å². The second-order valence-electron chi connectivity index (χ2n) is 2.77. The number of anilines is 1. The van der Waals surface area contributed by atoms with E-state index in [1.54, 1.807) is 6.92 Å². The van der Waals surface area contributed by atoms with Gasteiger partial charge in [-0.05, 0) is 13.0 Å². The molecular weight excluding hydrogens is 190 g/mol. The minimum atomic E-state index is -0.234. The molecule has 0 saturated carbocycles. The van der Waals surface area contributed by atoms with Crippen LogP contribution < -0.4 is 5.73 Å². The van der Waals surface area contributed by atoms with E-state index in [4.69, 9.17) is 17.3 Å². The molecule has 0 aliphatic rings. The van der Waals surface area contributed by atoms with Crippen LogP contribution in [-0.4, -0.2) is 16.8 Å². The normalized spacial score (nSPS) is 10.0. The Bertz CT molecular complexity index is 350. The zero-order chi connectivity index (χ0) is 10.0. The van der Waals surface area contributed by atoms with Crippen LogP contribution >= 0.6 is 11.6 Å². The van der Waals surface area contributed by atoms with Gasteiger partial charge in [-0.25, -0.2) is 0 Å². The summed E-state index contributed by atoms with van der Waals surface area (Å²) in [7, 11) is 0. The lowest BCUT2D eigenvalue weighted by atomic mass is 10.0. The third-order valence-electron chi connectivity index (χ3n) is 1.82. The molecule has 3 N–H and O–H groups in total. The number of nitrogen functional groups attached to an aromatic ring is 1. The molecule has 0 amide bonds. The van der Waals surface area contributed by atoms with Crippen molar-refractivity contribution in [2.24, 2.45) is 0 Å². The molecule has 0 unspecified atom stereocenters. The van der Waals surface area contributed by atoms with Gasteiger partial charge in [0.1, 0.15) is 5.75 Å². The standard InChI is InChI=1S/C9H10ClNO2/c1-5-7(9(13)4-10)2-6(11)3-8(5)12/h2-3,12H,4,11H2,1H3. The minimum Gasteiger partial charge on any atom is -0.508 e. The molecule has 0 aromatic heterocycles. The Labute approximate surface area is 81.1 Å². The van der Waals surface area contributed by atoms with Crippen LogP contribution in [0.4, 0.5) is 5.69 Å². The number of alkyl halides is 1. The molecule has 0 aliphatic carbocycles. The second kappa shape index (κ2) is 3.66. The first-order valence-corrected chi connectivity index (χ1v) is 4.28. The quantitative estimate of drug-likeness (QED) is 0.433. The number of hydrogen-bond donors (Lipinski definition) is 2.